The van der Waals surface area contributed by atoms with Crippen LogP contribution in [0.5, 0.6) is 0 Å². The van der Waals surface area contributed by atoms with Crippen LogP contribution in [-0.2, 0) is 32.7 Å². The van der Waals surface area contributed by atoms with Crippen LogP contribution in [0.1, 0.15) is 226 Å². The number of allylic oxidation sites excluding steroid dienone is 2. The number of ether oxygens (including phenoxy) is 2. The Morgan fingerprint density at radius 2 is 0.823 bits per heavy atom. The molecule has 1 aliphatic rings. The van der Waals surface area contributed by atoms with Crippen LogP contribution in [0.2, 0.25) is 0 Å². The highest BCUT2D eigenvalue weighted by atomic mass is 31.2. The summed E-state index contributed by atoms with van der Waals surface area (Å²) in [4.78, 5) is 35.8. The Labute approximate surface area is 375 Å². The molecule has 8 atom stereocenters. The number of aliphatic hydroxyl groups excluding tert-OH is 5. The van der Waals surface area contributed by atoms with E-state index in [0.717, 1.165) is 51.4 Å². The molecule has 366 valence electrons. The highest BCUT2D eigenvalue weighted by Gasteiger charge is 2.51. The minimum atomic E-state index is -5.12. The van der Waals surface area contributed by atoms with Crippen LogP contribution in [-0.4, -0.2) is 98.3 Å². The number of phosphoric acid groups is 1. The summed E-state index contributed by atoms with van der Waals surface area (Å²) in [7, 11) is -5.12. The van der Waals surface area contributed by atoms with E-state index in [1.165, 1.54) is 135 Å². The van der Waals surface area contributed by atoms with Crippen molar-refractivity contribution < 1.29 is 63.1 Å². The van der Waals surface area contributed by atoms with Gasteiger partial charge in [0, 0.05) is 12.8 Å². The maximum atomic E-state index is 12.8. The summed E-state index contributed by atoms with van der Waals surface area (Å²) < 4.78 is 33.6. The van der Waals surface area contributed by atoms with E-state index in [2.05, 4.69) is 26.0 Å². The highest BCUT2D eigenvalue weighted by Crippen LogP contribution is 2.47. The average Bonchev–Trinajstić information content (AvgIpc) is 3.25. The maximum absolute atomic E-state index is 12.8. The zero-order chi connectivity index (χ0) is 45.7. The second kappa shape index (κ2) is 38.8. The van der Waals surface area contributed by atoms with Crippen molar-refractivity contribution in [3.63, 3.8) is 0 Å². The van der Waals surface area contributed by atoms with Gasteiger partial charge in [-0.05, 0) is 38.5 Å². The van der Waals surface area contributed by atoms with E-state index in [1.54, 1.807) is 0 Å². The summed E-state index contributed by atoms with van der Waals surface area (Å²) in [5.41, 5.74) is 0. The van der Waals surface area contributed by atoms with Gasteiger partial charge in [0.05, 0.1) is 6.61 Å². The van der Waals surface area contributed by atoms with Gasteiger partial charge in [0.2, 0.25) is 0 Å². The molecule has 62 heavy (non-hydrogen) atoms. The maximum Gasteiger partial charge on any atom is 0.472 e. The first-order chi connectivity index (χ1) is 29.9. The number of carbonyl (C=O) groups excluding carboxylic acids is 2. The van der Waals surface area contributed by atoms with Gasteiger partial charge in [0.25, 0.3) is 0 Å². The van der Waals surface area contributed by atoms with Gasteiger partial charge in [-0.1, -0.05) is 187 Å². The van der Waals surface area contributed by atoms with E-state index in [9.17, 15) is 44.6 Å². The van der Waals surface area contributed by atoms with Crippen LogP contribution < -0.4 is 0 Å². The number of phosphoric ester groups is 1. The van der Waals surface area contributed by atoms with E-state index in [4.69, 9.17) is 18.5 Å². The molecule has 0 amide bonds. The molecule has 0 aromatic heterocycles. The summed E-state index contributed by atoms with van der Waals surface area (Å²) in [6.07, 6.45) is 28.3. The Kier molecular flexibility index (Phi) is 36.7. The van der Waals surface area contributed by atoms with Gasteiger partial charge in [-0.15, -0.1) is 0 Å². The lowest BCUT2D eigenvalue weighted by Crippen LogP contribution is -2.64. The first-order valence-corrected chi connectivity index (χ1v) is 26.5. The van der Waals surface area contributed by atoms with Gasteiger partial charge in [-0.2, -0.15) is 0 Å². The molecule has 6 N–H and O–H groups in total. The van der Waals surface area contributed by atoms with Crippen LogP contribution in [0.25, 0.3) is 0 Å². The van der Waals surface area contributed by atoms with Crippen LogP contribution >= 0.6 is 7.82 Å². The van der Waals surface area contributed by atoms with E-state index in [0.29, 0.717) is 12.8 Å². The van der Waals surface area contributed by atoms with Crippen molar-refractivity contribution in [2.45, 2.75) is 268 Å². The molecule has 0 aliphatic heterocycles. The fraction of sp³-hybridized carbons (Fsp3) is 0.917. The van der Waals surface area contributed by atoms with E-state index in [1.807, 2.05) is 0 Å². The van der Waals surface area contributed by atoms with Crippen molar-refractivity contribution in [1.82, 2.24) is 0 Å². The van der Waals surface area contributed by atoms with Crippen LogP contribution in [0.3, 0.4) is 0 Å². The van der Waals surface area contributed by atoms with Crippen molar-refractivity contribution in [2.75, 3.05) is 13.2 Å². The van der Waals surface area contributed by atoms with Gasteiger partial charge < -0.3 is 39.9 Å². The lowest BCUT2D eigenvalue weighted by Gasteiger charge is -2.41. The van der Waals surface area contributed by atoms with Crippen molar-refractivity contribution in [3.8, 4) is 0 Å². The molecule has 13 nitrogen and oxygen atoms in total. The SMILES string of the molecule is CCCCCCCCCC/C=C\CCCCCCCCCC(=O)O[C@H](COC(=O)CCCCCCCCCCCCCCCC)COP(=O)(O)OC1C(O)C(O)C(O)[C@@H](O)C1O. The predicted octanol–water partition coefficient (Wildman–Crippen LogP) is 10.2. The third-order valence-corrected chi connectivity index (χ3v) is 12.8. The predicted molar refractivity (Wildman–Crippen MR) is 244 cm³/mol. The first kappa shape index (κ1) is 58.6. The molecular formula is C48H91O13P. The van der Waals surface area contributed by atoms with Crippen LogP contribution in [0.15, 0.2) is 12.2 Å². The quantitative estimate of drug-likeness (QED) is 0.0146. The van der Waals surface area contributed by atoms with E-state index < -0.39 is 75.7 Å². The monoisotopic (exact) mass is 907 g/mol. The summed E-state index contributed by atoms with van der Waals surface area (Å²) in [6, 6.07) is 0. The fourth-order valence-corrected chi connectivity index (χ4v) is 8.79. The van der Waals surface area contributed by atoms with Crippen molar-refractivity contribution >= 4 is 19.8 Å². The van der Waals surface area contributed by atoms with Crippen molar-refractivity contribution in [1.29, 1.82) is 0 Å². The smallest absolute Gasteiger partial charge is 0.462 e. The van der Waals surface area contributed by atoms with Gasteiger partial charge in [-0.3, -0.25) is 18.6 Å². The summed E-state index contributed by atoms with van der Waals surface area (Å²) in [5.74, 6) is -1.09. The van der Waals surface area contributed by atoms with Crippen molar-refractivity contribution in [3.05, 3.63) is 12.2 Å². The van der Waals surface area contributed by atoms with Gasteiger partial charge in [0.15, 0.2) is 6.10 Å². The topological polar surface area (TPSA) is 210 Å². The molecule has 0 saturated heterocycles. The summed E-state index contributed by atoms with van der Waals surface area (Å²) in [5, 5.41) is 50.2. The molecule has 0 spiro atoms. The van der Waals surface area contributed by atoms with Crippen LogP contribution in [0, 0.1) is 0 Å². The molecular weight excluding hydrogens is 815 g/mol. The van der Waals surface area contributed by atoms with E-state index in [-0.39, 0.29) is 12.8 Å². The molecule has 14 heteroatoms. The van der Waals surface area contributed by atoms with E-state index >= 15 is 0 Å². The average molecular weight is 907 g/mol. The summed E-state index contributed by atoms with van der Waals surface area (Å²) >= 11 is 0. The van der Waals surface area contributed by atoms with Gasteiger partial charge in [-0.25, -0.2) is 4.57 Å². The third-order valence-electron chi connectivity index (χ3n) is 11.9. The molecule has 0 bridgehead atoms. The second-order valence-electron chi connectivity index (χ2n) is 17.7. The minimum Gasteiger partial charge on any atom is -0.462 e. The lowest BCUT2D eigenvalue weighted by atomic mass is 9.85. The molecule has 1 rings (SSSR count). The van der Waals surface area contributed by atoms with Gasteiger partial charge in [0.1, 0.15) is 43.2 Å². The van der Waals surface area contributed by atoms with Crippen LogP contribution in [0.4, 0.5) is 0 Å². The summed E-state index contributed by atoms with van der Waals surface area (Å²) in [6.45, 7) is 3.32. The molecule has 0 aromatic carbocycles. The Morgan fingerprint density at radius 3 is 1.23 bits per heavy atom. The Morgan fingerprint density at radius 1 is 0.484 bits per heavy atom. The number of esters is 2. The minimum absolute atomic E-state index is 0.0962. The molecule has 1 fully saturated rings. The van der Waals surface area contributed by atoms with Gasteiger partial charge >= 0.3 is 19.8 Å². The standard InChI is InChI=1S/C48H91O13P/c1-3-5-7-9-11-13-15-17-19-20-21-22-23-25-27-29-31-33-35-37-42(50)60-40(39-59-62(56,57)61-48-46(54)44(52)43(51)45(53)47(48)55)38-58-41(49)36-34-32-30-28-26-24-18-16-14-12-10-8-6-4-2/h20-21,40,43-48,51-55H,3-19,22-39H2,1-2H3,(H,56,57)/b21-20-/t40-,43?,44-,45?,46?,47?,48?/m1/s1. The lowest BCUT2D eigenvalue weighted by molar-refractivity contribution is -0.220. The normalized spacial score (nSPS) is 21.9. The second-order valence-corrected chi connectivity index (χ2v) is 19.1. The zero-order valence-electron chi connectivity index (χ0n) is 38.9. The number of aliphatic hydroxyl groups is 5. The fourth-order valence-electron chi connectivity index (χ4n) is 7.81. The number of unbranched alkanes of at least 4 members (excludes halogenated alkanes) is 28. The highest BCUT2D eigenvalue weighted by molar-refractivity contribution is 7.47. The Bertz CT molecular complexity index is 1140. The molecule has 0 radical (unpaired) electrons. The molecule has 1 aliphatic carbocycles. The number of carbonyl (C=O) groups is 2. The largest absolute Gasteiger partial charge is 0.472 e. The number of hydrogen-bond donors (Lipinski definition) is 6. The first-order valence-electron chi connectivity index (χ1n) is 25.0. The zero-order valence-corrected chi connectivity index (χ0v) is 39.8. The Hall–Kier alpha value is -1.41. The molecule has 0 heterocycles. The Balaban J connectivity index is 2.41. The number of hydrogen-bond acceptors (Lipinski definition) is 12. The third kappa shape index (κ3) is 30.7. The molecule has 6 unspecified atom stereocenters. The number of rotatable bonds is 42. The molecule has 0 aromatic rings. The van der Waals surface area contributed by atoms with Crippen molar-refractivity contribution in [2.24, 2.45) is 0 Å². The molecule has 1 saturated carbocycles.